The van der Waals surface area contributed by atoms with Crippen LogP contribution in [0.4, 0.5) is 11.4 Å². The zero-order valence-corrected chi connectivity index (χ0v) is 17.8. The van der Waals surface area contributed by atoms with Crippen molar-refractivity contribution in [1.82, 2.24) is 0 Å². The molecule has 3 rings (SSSR count). The SMILES string of the molecule is Cc1cc(Br)cc(C)c1NC(=O)COc1ccc(N2C[C@H](C(N)=O)CC2=O)cc1. The lowest BCUT2D eigenvalue weighted by Gasteiger charge is -2.17. The van der Waals surface area contributed by atoms with Gasteiger partial charge in [-0.2, -0.15) is 0 Å². The van der Waals surface area contributed by atoms with Crippen molar-refractivity contribution in [3.63, 3.8) is 0 Å². The molecule has 0 aromatic heterocycles. The van der Waals surface area contributed by atoms with Gasteiger partial charge in [-0.15, -0.1) is 0 Å². The highest BCUT2D eigenvalue weighted by molar-refractivity contribution is 9.10. The molecule has 29 heavy (non-hydrogen) atoms. The Kier molecular flexibility index (Phi) is 6.22. The number of nitrogens with zero attached hydrogens (tertiary/aromatic N) is 1. The molecule has 1 saturated heterocycles. The van der Waals surface area contributed by atoms with Gasteiger partial charge in [0.15, 0.2) is 6.61 Å². The normalized spacial score (nSPS) is 16.0. The first-order valence-corrected chi connectivity index (χ1v) is 9.93. The van der Waals surface area contributed by atoms with Gasteiger partial charge in [-0.05, 0) is 61.4 Å². The Morgan fingerprint density at radius 1 is 1.21 bits per heavy atom. The highest BCUT2D eigenvalue weighted by atomic mass is 79.9. The van der Waals surface area contributed by atoms with Crippen molar-refractivity contribution >= 4 is 45.0 Å². The fraction of sp³-hybridized carbons (Fsp3) is 0.286. The van der Waals surface area contributed by atoms with Crippen molar-refractivity contribution in [2.75, 3.05) is 23.4 Å². The number of nitrogens with one attached hydrogen (secondary N) is 1. The highest BCUT2D eigenvalue weighted by Crippen LogP contribution is 2.27. The van der Waals surface area contributed by atoms with E-state index < -0.39 is 11.8 Å². The summed E-state index contributed by atoms with van der Waals surface area (Å²) in [4.78, 5) is 37.2. The van der Waals surface area contributed by atoms with Crippen LogP contribution in [0.25, 0.3) is 0 Å². The van der Waals surface area contributed by atoms with E-state index in [1.807, 2.05) is 26.0 Å². The second kappa shape index (κ2) is 8.65. The van der Waals surface area contributed by atoms with Gasteiger partial charge in [0.05, 0.1) is 5.92 Å². The van der Waals surface area contributed by atoms with Crippen LogP contribution in [0.2, 0.25) is 0 Å². The van der Waals surface area contributed by atoms with Crippen LogP contribution in [0.15, 0.2) is 40.9 Å². The summed E-state index contributed by atoms with van der Waals surface area (Å²) in [7, 11) is 0. The average molecular weight is 460 g/mol. The standard InChI is InChI=1S/C21H22BrN3O4/c1-12-7-15(22)8-13(2)20(12)24-18(26)11-29-17-5-3-16(4-6-17)25-10-14(21(23)28)9-19(25)27/h3-8,14H,9-11H2,1-2H3,(H2,23,28)(H,24,26)/t14-/m1/s1. The first-order valence-electron chi connectivity index (χ1n) is 9.13. The maximum absolute atomic E-state index is 12.2. The fourth-order valence-electron chi connectivity index (χ4n) is 3.30. The van der Waals surface area contributed by atoms with Gasteiger partial charge in [-0.3, -0.25) is 14.4 Å². The van der Waals surface area contributed by atoms with E-state index >= 15 is 0 Å². The molecule has 3 amide bonds. The van der Waals surface area contributed by atoms with Crippen LogP contribution < -0.4 is 20.7 Å². The second-order valence-corrected chi connectivity index (χ2v) is 7.97. The number of carbonyl (C=O) groups is 3. The van der Waals surface area contributed by atoms with Crippen molar-refractivity contribution in [2.24, 2.45) is 11.7 Å². The summed E-state index contributed by atoms with van der Waals surface area (Å²) in [5.41, 5.74) is 8.65. The number of primary amides is 1. The molecule has 0 unspecified atom stereocenters. The zero-order chi connectivity index (χ0) is 21.1. The lowest BCUT2D eigenvalue weighted by atomic mass is 10.1. The van der Waals surface area contributed by atoms with E-state index in [9.17, 15) is 14.4 Å². The Morgan fingerprint density at radius 2 is 1.83 bits per heavy atom. The van der Waals surface area contributed by atoms with Crippen molar-refractivity contribution in [1.29, 1.82) is 0 Å². The molecule has 2 aromatic carbocycles. The van der Waals surface area contributed by atoms with Gasteiger partial charge in [0.25, 0.3) is 5.91 Å². The van der Waals surface area contributed by atoms with Crippen LogP contribution in [0.3, 0.4) is 0 Å². The minimum absolute atomic E-state index is 0.128. The Labute approximate surface area is 177 Å². The quantitative estimate of drug-likeness (QED) is 0.692. The van der Waals surface area contributed by atoms with Crippen molar-refractivity contribution in [3.8, 4) is 5.75 Å². The Morgan fingerprint density at radius 3 is 2.38 bits per heavy atom. The Balaban J connectivity index is 1.57. The molecular formula is C21H22BrN3O4. The van der Waals surface area contributed by atoms with Crippen molar-refractivity contribution in [2.45, 2.75) is 20.3 Å². The van der Waals surface area contributed by atoms with Gasteiger partial charge in [0, 0.05) is 28.8 Å². The van der Waals surface area contributed by atoms with Crippen LogP contribution >= 0.6 is 15.9 Å². The maximum Gasteiger partial charge on any atom is 0.262 e. The second-order valence-electron chi connectivity index (χ2n) is 7.05. The number of hydrogen-bond acceptors (Lipinski definition) is 4. The van der Waals surface area contributed by atoms with Gasteiger partial charge in [0.1, 0.15) is 5.75 Å². The lowest BCUT2D eigenvalue weighted by Crippen LogP contribution is -2.28. The maximum atomic E-state index is 12.2. The monoisotopic (exact) mass is 459 g/mol. The van der Waals surface area contributed by atoms with E-state index in [2.05, 4.69) is 21.2 Å². The zero-order valence-electron chi connectivity index (χ0n) is 16.2. The summed E-state index contributed by atoms with van der Waals surface area (Å²) in [5.74, 6) is -0.828. The third-order valence-corrected chi connectivity index (χ3v) is 5.27. The summed E-state index contributed by atoms with van der Waals surface area (Å²) in [6.07, 6.45) is 0.128. The molecule has 3 N–H and O–H groups in total. The van der Waals surface area contributed by atoms with Gasteiger partial charge in [-0.1, -0.05) is 15.9 Å². The summed E-state index contributed by atoms with van der Waals surface area (Å²) in [5, 5.41) is 2.87. The van der Waals surface area contributed by atoms with Crippen LogP contribution in [-0.2, 0) is 14.4 Å². The number of nitrogens with two attached hydrogens (primary N) is 1. The van der Waals surface area contributed by atoms with Crippen LogP contribution in [0, 0.1) is 19.8 Å². The van der Waals surface area contributed by atoms with Crippen molar-refractivity contribution in [3.05, 3.63) is 52.0 Å². The largest absolute Gasteiger partial charge is 0.484 e. The number of anilines is 2. The fourth-order valence-corrected chi connectivity index (χ4v) is 3.99. The number of benzene rings is 2. The molecule has 1 heterocycles. The van der Waals surface area contributed by atoms with E-state index in [1.165, 1.54) is 4.90 Å². The van der Waals surface area contributed by atoms with Gasteiger partial charge in [-0.25, -0.2) is 0 Å². The van der Waals surface area contributed by atoms with E-state index in [0.717, 1.165) is 21.3 Å². The molecular weight excluding hydrogens is 438 g/mol. The number of rotatable bonds is 6. The van der Waals surface area contributed by atoms with E-state index in [0.29, 0.717) is 11.4 Å². The van der Waals surface area contributed by atoms with Crippen LogP contribution in [0.5, 0.6) is 5.75 Å². The molecule has 0 spiro atoms. The number of ether oxygens (including phenoxy) is 1. The predicted molar refractivity (Wildman–Crippen MR) is 114 cm³/mol. The molecule has 1 aliphatic rings. The summed E-state index contributed by atoms with van der Waals surface area (Å²) in [6, 6.07) is 10.7. The summed E-state index contributed by atoms with van der Waals surface area (Å²) < 4.78 is 6.51. The average Bonchev–Trinajstić information content (AvgIpc) is 3.05. The topological polar surface area (TPSA) is 102 Å². The molecule has 8 heteroatoms. The molecule has 152 valence electrons. The molecule has 0 aliphatic carbocycles. The van der Waals surface area contributed by atoms with E-state index in [-0.39, 0.29) is 31.4 Å². The Hall–Kier alpha value is -2.87. The molecule has 1 fully saturated rings. The lowest BCUT2D eigenvalue weighted by molar-refractivity contribution is -0.123. The molecule has 1 aliphatic heterocycles. The molecule has 7 nitrogen and oxygen atoms in total. The first-order chi connectivity index (χ1) is 13.7. The van der Waals surface area contributed by atoms with Gasteiger partial charge in [0.2, 0.25) is 11.8 Å². The summed E-state index contributed by atoms with van der Waals surface area (Å²) in [6.45, 7) is 3.99. The van der Waals surface area contributed by atoms with Gasteiger partial charge >= 0.3 is 0 Å². The Bertz CT molecular complexity index is 936. The molecule has 2 aromatic rings. The minimum atomic E-state index is -0.469. The van der Waals surface area contributed by atoms with E-state index in [1.54, 1.807) is 24.3 Å². The number of carbonyl (C=O) groups excluding carboxylic acids is 3. The highest BCUT2D eigenvalue weighted by Gasteiger charge is 2.33. The third kappa shape index (κ3) is 4.95. The van der Waals surface area contributed by atoms with Crippen molar-refractivity contribution < 1.29 is 19.1 Å². The smallest absolute Gasteiger partial charge is 0.262 e. The number of hydrogen-bond donors (Lipinski definition) is 2. The number of amides is 3. The molecule has 0 radical (unpaired) electrons. The number of aryl methyl sites for hydroxylation is 2. The third-order valence-electron chi connectivity index (χ3n) is 4.81. The number of halogens is 1. The van der Waals surface area contributed by atoms with Gasteiger partial charge < -0.3 is 20.7 Å². The molecule has 0 bridgehead atoms. The molecule has 1 atom stereocenters. The molecule has 0 saturated carbocycles. The summed E-state index contributed by atoms with van der Waals surface area (Å²) >= 11 is 3.43. The first kappa shape index (κ1) is 20.9. The van der Waals surface area contributed by atoms with Crippen LogP contribution in [0.1, 0.15) is 17.5 Å². The minimum Gasteiger partial charge on any atom is -0.484 e. The predicted octanol–water partition coefficient (Wildman–Crippen LogP) is 2.92. The van der Waals surface area contributed by atoms with E-state index in [4.69, 9.17) is 10.5 Å². The van der Waals surface area contributed by atoms with Crippen LogP contribution in [-0.4, -0.2) is 30.9 Å².